The molecule has 9 heteroatoms. The molecule has 3 aromatic rings. The molecule has 0 radical (unpaired) electrons. The van der Waals surface area contributed by atoms with E-state index in [-0.39, 0.29) is 11.5 Å². The molecule has 0 bridgehead atoms. The highest BCUT2D eigenvalue weighted by molar-refractivity contribution is 5.75. The summed E-state index contributed by atoms with van der Waals surface area (Å²) in [4.78, 5) is 42.7. The molecule has 0 atom stereocenters. The van der Waals surface area contributed by atoms with Gasteiger partial charge in [-0.15, -0.1) is 0 Å². The molecular formula is C21H27N5O4. The monoisotopic (exact) mass is 413 g/mol. The van der Waals surface area contributed by atoms with Crippen molar-refractivity contribution in [1.82, 2.24) is 23.6 Å². The molecule has 3 rings (SSSR count). The van der Waals surface area contributed by atoms with Gasteiger partial charge in [-0.1, -0.05) is 18.2 Å². The lowest BCUT2D eigenvalue weighted by Gasteiger charge is -2.18. The Balaban J connectivity index is 1.54. The average molecular weight is 413 g/mol. The third kappa shape index (κ3) is 4.29. The smallest absolute Gasteiger partial charge is 0.332 e. The number of para-hydroxylation sites is 1. The number of imidazole rings is 1. The van der Waals surface area contributed by atoms with Gasteiger partial charge < -0.3 is 14.2 Å². The van der Waals surface area contributed by atoms with Gasteiger partial charge in [-0.2, -0.15) is 0 Å². The van der Waals surface area contributed by atoms with E-state index in [1.807, 2.05) is 31.2 Å². The predicted octanol–water partition coefficient (Wildman–Crippen LogP) is 1.06. The molecular weight excluding hydrogens is 386 g/mol. The summed E-state index contributed by atoms with van der Waals surface area (Å²) in [5.74, 6) is 0.828. The van der Waals surface area contributed by atoms with E-state index < -0.39 is 5.69 Å². The minimum absolute atomic E-state index is 0.00751. The van der Waals surface area contributed by atoms with E-state index in [4.69, 9.17) is 4.74 Å². The first-order chi connectivity index (χ1) is 14.3. The Morgan fingerprint density at radius 1 is 1.17 bits per heavy atom. The zero-order valence-corrected chi connectivity index (χ0v) is 17.8. The van der Waals surface area contributed by atoms with Crippen LogP contribution in [0.25, 0.3) is 11.2 Å². The summed E-state index contributed by atoms with van der Waals surface area (Å²) >= 11 is 0. The van der Waals surface area contributed by atoms with Crippen LogP contribution in [0.4, 0.5) is 0 Å². The molecule has 1 amide bonds. The maximum atomic E-state index is 12.4. The van der Waals surface area contributed by atoms with Crippen molar-refractivity contribution in [2.45, 2.75) is 26.3 Å². The molecule has 0 aliphatic rings. The van der Waals surface area contributed by atoms with Crippen molar-refractivity contribution in [2.24, 2.45) is 14.1 Å². The van der Waals surface area contributed by atoms with Gasteiger partial charge in [-0.3, -0.25) is 18.7 Å². The molecule has 160 valence electrons. The summed E-state index contributed by atoms with van der Waals surface area (Å²) in [7, 11) is 4.78. The van der Waals surface area contributed by atoms with Crippen LogP contribution in [0.15, 0.2) is 40.2 Å². The summed E-state index contributed by atoms with van der Waals surface area (Å²) in [5, 5.41) is 0. The lowest BCUT2D eigenvalue weighted by atomic mass is 10.2. The minimum Gasteiger partial charge on any atom is -0.491 e. The second-order valence-electron chi connectivity index (χ2n) is 7.35. The quantitative estimate of drug-likeness (QED) is 0.551. The van der Waals surface area contributed by atoms with Gasteiger partial charge in [0.25, 0.3) is 5.56 Å². The second kappa shape index (κ2) is 8.98. The van der Waals surface area contributed by atoms with Crippen molar-refractivity contribution in [3.8, 4) is 5.75 Å². The van der Waals surface area contributed by atoms with Crippen LogP contribution < -0.4 is 16.0 Å². The van der Waals surface area contributed by atoms with Gasteiger partial charge in [-0.05, 0) is 25.0 Å². The first kappa shape index (κ1) is 21.4. The number of fused-ring (bicyclic) bond motifs is 1. The number of amides is 1. The van der Waals surface area contributed by atoms with Crippen LogP contribution in [0, 0.1) is 6.92 Å². The van der Waals surface area contributed by atoms with Crippen LogP contribution in [-0.2, 0) is 25.4 Å². The Labute approximate surface area is 174 Å². The number of hydrogen-bond acceptors (Lipinski definition) is 5. The predicted molar refractivity (Wildman–Crippen MR) is 114 cm³/mol. The van der Waals surface area contributed by atoms with Gasteiger partial charge in [0.2, 0.25) is 5.91 Å². The molecule has 9 nitrogen and oxygen atoms in total. The van der Waals surface area contributed by atoms with E-state index in [2.05, 4.69) is 4.98 Å². The lowest BCUT2D eigenvalue weighted by Crippen LogP contribution is -2.37. The fraction of sp³-hybridized carbons (Fsp3) is 0.429. The lowest BCUT2D eigenvalue weighted by molar-refractivity contribution is -0.130. The number of aromatic nitrogens is 4. The Morgan fingerprint density at radius 3 is 2.63 bits per heavy atom. The van der Waals surface area contributed by atoms with Crippen molar-refractivity contribution in [3.63, 3.8) is 0 Å². The molecule has 0 spiro atoms. The summed E-state index contributed by atoms with van der Waals surface area (Å²) < 4.78 is 9.85. The van der Waals surface area contributed by atoms with Crippen LogP contribution in [0.1, 0.15) is 18.4 Å². The zero-order valence-electron chi connectivity index (χ0n) is 17.8. The number of likely N-dealkylation sites (N-methyl/N-ethyl adjacent to an activating group) is 1. The number of carbonyl (C=O) groups excluding carboxylic acids is 1. The largest absolute Gasteiger partial charge is 0.491 e. The molecule has 1 aromatic carbocycles. The van der Waals surface area contributed by atoms with Gasteiger partial charge in [0.1, 0.15) is 12.4 Å². The molecule has 2 aromatic heterocycles. The minimum atomic E-state index is -0.414. The fourth-order valence-corrected chi connectivity index (χ4v) is 3.29. The van der Waals surface area contributed by atoms with E-state index in [0.29, 0.717) is 43.7 Å². The Hall–Kier alpha value is -3.36. The molecule has 0 aliphatic heterocycles. The number of carbonyl (C=O) groups is 1. The van der Waals surface area contributed by atoms with Gasteiger partial charge in [0, 0.05) is 34.1 Å². The highest BCUT2D eigenvalue weighted by Gasteiger charge is 2.15. The van der Waals surface area contributed by atoms with Crippen molar-refractivity contribution in [3.05, 3.63) is 57.0 Å². The highest BCUT2D eigenvalue weighted by atomic mass is 16.5. The Kier molecular flexibility index (Phi) is 6.39. The molecule has 0 saturated heterocycles. The topological polar surface area (TPSA) is 91.4 Å². The van der Waals surface area contributed by atoms with E-state index in [1.165, 1.54) is 17.9 Å². The Bertz CT molecular complexity index is 1170. The zero-order chi connectivity index (χ0) is 21.8. The molecule has 30 heavy (non-hydrogen) atoms. The fourth-order valence-electron chi connectivity index (χ4n) is 3.29. The highest BCUT2D eigenvalue weighted by Crippen LogP contribution is 2.16. The van der Waals surface area contributed by atoms with Crippen molar-refractivity contribution in [1.29, 1.82) is 0 Å². The van der Waals surface area contributed by atoms with Gasteiger partial charge >= 0.3 is 5.69 Å². The summed E-state index contributed by atoms with van der Waals surface area (Å²) in [6.45, 7) is 3.35. The molecule has 0 unspecified atom stereocenters. The van der Waals surface area contributed by atoms with E-state index in [9.17, 15) is 14.4 Å². The van der Waals surface area contributed by atoms with Crippen LogP contribution in [-0.4, -0.2) is 49.7 Å². The van der Waals surface area contributed by atoms with Gasteiger partial charge in [-0.25, -0.2) is 9.78 Å². The third-order valence-corrected chi connectivity index (χ3v) is 5.21. The molecule has 0 saturated carbocycles. The molecule has 0 aliphatic carbocycles. The van der Waals surface area contributed by atoms with Gasteiger partial charge in [0.05, 0.1) is 12.9 Å². The maximum Gasteiger partial charge on any atom is 0.332 e. The van der Waals surface area contributed by atoms with Crippen LogP contribution in [0.5, 0.6) is 5.75 Å². The number of benzene rings is 1. The van der Waals surface area contributed by atoms with E-state index >= 15 is 0 Å². The summed E-state index contributed by atoms with van der Waals surface area (Å²) in [6, 6.07) is 7.76. The van der Waals surface area contributed by atoms with Crippen molar-refractivity contribution < 1.29 is 9.53 Å². The van der Waals surface area contributed by atoms with E-state index in [0.717, 1.165) is 15.9 Å². The number of aryl methyl sites for hydroxylation is 3. The SMILES string of the molecule is Cc1ccccc1OCCN(C)C(=O)CCCn1cnc2c1c(=O)n(C)c(=O)n2C. The number of ether oxygens (including phenoxy) is 1. The van der Waals surface area contributed by atoms with Crippen LogP contribution >= 0.6 is 0 Å². The normalized spacial score (nSPS) is 11.1. The second-order valence-corrected chi connectivity index (χ2v) is 7.35. The van der Waals surface area contributed by atoms with Crippen molar-refractivity contribution >= 4 is 17.1 Å². The number of rotatable bonds is 8. The van der Waals surface area contributed by atoms with E-state index in [1.54, 1.807) is 23.6 Å². The Morgan fingerprint density at radius 2 is 1.90 bits per heavy atom. The summed E-state index contributed by atoms with van der Waals surface area (Å²) in [6.07, 6.45) is 2.43. The first-order valence-electron chi connectivity index (χ1n) is 9.84. The van der Waals surface area contributed by atoms with Crippen LogP contribution in [0.2, 0.25) is 0 Å². The number of hydrogen-bond donors (Lipinski definition) is 0. The van der Waals surface area contributed by atoms with Crippen LogP contribution in [0.3, 0.4) is 0 Å². The summed E-state index contributed by atoms with van der Waals surface area (Å²) in [5.41, 5.74) is 0.972. The number of nitrogens with zero attached hydrogens (tertiary/aromatic N) is 5. The maximum absolute atomic E-state index is 12.4. The first-order valence-corrected chi connectivity index (χ1v) is 9.84. The van der Waals surface area contributed by atoms with Crippen molar-refractivity contribution in [2.75, 3.05) is 20.2 Å². The molecule has 0 N–H and O–H groups in total. The average Bonchev–Trinajstić information content (AvgIpc) is 3.16. The van der Waals surface area contributed by atoms with Gasteiger partial charge in [0.15, 0.2) is 11.2 Å². The molecule has 2 heterocycles. The molecule has 0 fully saturated rings. The standard InChI is InChI=1S/C21H27N5O4/c1-15-8-5-6-9-16(15)30-13-12-23(2)17(27)10-7-11-26-14-22-19-18(26)20(28)25(4)21(29)24(19)3/h5-6,8-9,14H,7,10-13H2,1-4H3. The third-order valence-electron chi connectivity index (χ3n) is 5.21.